The molecule has 0 aliphatic rings. The van der Waals surface area contributed by atoms with Crippen molar-refractivity contribution in [2.75, 3.05) is 0 Å². The lowest BCUT2D eigenvalue weighted by Gasteiger charge is -2.11. The SMILES string of the molecule is O=C(c1ccccc1)c1c(-c2ccccc2)oc(-c2ccccc2)c1C=C(c1ccccc1)c1ccccc1. The van der Waals surface area contributed by atoms with E-state index < -0.39 is 0 Å². The average Bonchev–Trinajstić information content (AvgIpc) is 3.41. The highest BCUT2D eigenvalue weighted by molar-refractivity contribution is 6.16. The Morgan fingerprint density at radius 2 is 0.846 bits per heavy atom. The van der Waals surface area contributed by atoms with Crippen LogP contribution < -0.4 is 0 Å². The monoisotopic (exact) mass is 502 g/mol. The van der Waals surface area contributed by atoms with Gasteiger partial charge in [-0.05, 0) is 22.8 Å². The van der Waals surface area contributed by atoms with Crippen molar-refractivity contribution in [2.24, 2.45) is 0 Å². The summed E-state index contributed by atoms with van der Waals surface area (Å²) in [6.07, 6.45) is 2.11. The maximum absolute atomic E-state index is 14.3. The highest BCUT2D eigenvalue weighted by atomic mass is 16.3. The van der Waals surface area contributed by atoms with Gasteiger partial charge in [0.1, 0.15) is 11.5 Å². The topological polar surface area (TPSA) is 30.2 Å². The van der Waals surface area contributed by atoms with Crippen LogP contribution >= 0.6 is 0 Å². The highest BCUT2D eigenvalue weighted by Gasteiger charge is 2.27. The second-order valence-electron chi connectivity index (χ2n) is 9.27. The third-order valence-corrected chi connectivity index (χ3v) is 6.74. The maximum atomic E-state index is 14.3. The van der Waals surface area contributed by atoms with Gasteiger partial charge in [0.2, 0.25) is 0 Å². The lowest BCUT2D eigenvalue weighted by Crippen LogP contribution is -2.04. The molecule has 1 heterocycles. The molecule has 1 aromatic heterocycles. The van der Waals surface area contributed by atoms with E-state index in [1.165, 1.54) is 0 Å². The van der Waals surface area contributed by atoms with Crippen molar-refractivity contribution >= 4 is 17.4 Å². The van der Waals surface area contributed by atoms with Crippen LogP contribution in [0.2, 0.25) is 0 Å². The van der Waals surface area contributed by atoms with Crippen molar-refractivity contribution in [3.05, 3.63) is 179 Å². The smallest absolute Gasteiger partial charge is 0.197 e. The third kappa shape index (κ3) is 5.01. The number of carbonyl (C=O) groups is 1. The van der Waals surface area contributed by atoms with Crippen LogP contribution in [0, 0.1) is 0 Å². The minimum Gasteiger partial charge on any atom is -0.455 e. The van der Waals surface area contributed by atoms with Crippen molar-refractivity contribution in [1.29, 1.82) is 0 Å². The Morgan fingerprint density at radius 1 is 0.462 bits per heavy atom. The minimum absolute atomic E-state index is 0.0768. The van der Waals surface area contributed by atoms with Crippen LogP contribution in [0.5, 0.6) is 0 Å². The minimum atomic E-state index is -0.0768. The fourth-order valence-corrected chi connectivity index (χ4v) is 4.85. The fraction of sp³-hybridized carbons (Fsp3) is 0. The molecule has 0 radical (unpaired) electrons. The van der Waals surface area contributed by atoms with E-state index in [4.69, 9.17) is 4.42 Å². The Bertz CT molecular complexity index is 1670. The van der Waals surface area contributed by atoms with Gasteiger partial charge in [-0.25, -0.2) is 0 Å². The number of carbonyl (C=O) groups excluding carboxylic acids is 1. The number of hydrogen-bond acceptors (Lipinski definition) is 2. The number of ketones is 1. The van der Waals surface area contributed by atoms with Gasteiger partial charge in [0, 0.05) is 22.3 Å². The summed E-state index contributed by atoms with van der Waals surface area (Å²) >= 11 is 0. The second-order valence-corrected chi connectivity index (χ2v) is 9.27. The van der Waals surface area contributed by atoms with Crippen LogP contribution in [-0.2, 0) is 0 Å². The molecule has 0 atom stereocenters. The number of furan rings is 1. The summed E-state index contributed by atoms with van der Waals surface area (Å²) in [5.41, 5.74) is 6.82. The molecule has 0 spiro atoms. The van der Waals surface area contributed by atoms with Crippen LogP contribution in [0.4, 0.5) is 0 Å². The van der Waals surface area contributed by atoms with E-state index in [2.05, 4.69) is 30.3 Å². The first-order valence-electron chi connectivity index (χ1n) is 13.0. The molecule has 6 aromatic rings. The zero-order valence-corrected chi connectivity index (χ0v) is 21.3. The van der Waals surface area contributed by atoms with E-state index in [1.54, 1.807) is 0 Å². The lowest BCUT2D eigenvalue weighted by atomic mass is 9.90. The lowest BCUT2D eigenvalue weighted by molar-refractivity contribution is 0.103. The average molecular weight is 503 g/mol. The molecule has 5 aromatic carbocycles. The van der Waals surface area contributed by atoms with Crippen LogP contribution in [0.1, 0.15) is 32.6 Å². The molecule has 0 saturated carbocycles. The largest absolute Gasteiger partial charge is 0.455 e. The molecule has 0 N–H and O–H groups in total. The summed E-state index contributed by atoms with van der Waals surface area (Å²) in [6.45, 7) is 0. The number of hydrogen-bond donors (Lipinski definition) is 0. The van der Waals surface area contributed by atoms with Crippen molar-refractivity contribution in [3.63, 3.8) is 0 Å². The first kappa shape index (κ1) is 24.1. The first-order chi connectivity index (χ1) is 19.3. The predicted octanol–water partition coefficient (Wildman–Crippen LogP) is 9.43. The van der Waals surface area contributed by atoms with E-state index in [0.29, 0.717) is 22.6 Å². The molecule has 2 nitrogen and oxygen atoms in total. The Kier molecular flexibility index (Phi) is 6.83. The van der Waals surface area contributed by atoms with E-state index in [1.807, 2.05) is 127 Å². The number of benzene rings is 5. The van der Waals surface area contributed by atoms with Crippen molar-refractivity contribution < 1.29 is 9.21 Å². The summed E-state index contributed by atoms with van der Waals surface area (Å²) in [6, 6.07) is 49.8. The quantitative estimate of drug-likeness (QED) is 0.204. The molecule has 0 aliphatic carbocycles. The van der Waals surface area contributed by atoms with Gasteiger partial charge in [-0.2, -0.15) is 0 Å². The van der Waals surface area contributed by atoms with E-state index in [0.717, 1.165) is 33.4 Å². The molecule has 39 heavy (non-hydrogen) atoms. The predicted molar refractivity (Wildman–Crippen MR) is 159 cm³/mol. The van der Waals surface area contributed by atoms with Crippen LogP contribution in [-0.4, -0.2) is 5.78 Å². The van der Waals surface area contributed by atoms with Gasteiger partial charge in [-0.1, -0.05) is 152 Å². The molecule has 0 fully saturated rings. The van der Waals surface area contributed by atoms with Crippen molar-refractivity contribution in [1.82, 2.24) is 0 Å². The van der Waals surface area contributed by atoms with Crippen molar-refractivity contribution in [2.45, 2.75) is 0 Å². The van der Waals surface area contributed by atoms with E-state index in [-0.39, 0.29) is 5.78 Å². The van der Waals surface area contributed by atoms with Crippen LogP contribution in [0.15, 0.2) is 156 Å². The van der Waals surface area contributed by atoms with E-state index in [9.17, 15) is 4.79 Å². The fourth-order valence-electron chi connectivity index (χ4n) is 4.85. The molecule has 0 aliphatic heterocycles. The standard InChI is InChI=1S/C37H26O2/c38-35(29-20-10-3-11-21-29)34-33(26-32(27-16-6-1-7-17-27)28-18-8-2-9-19-28)36(30-22-12-4-13-23-30)39-37(34)31-24-14-5-15-25-31/h1-26H. The summed E-state index contributed by atoms with van der Waals surface area (Å²) in [4.78, 5) is 14.3. The zero-order chi connectivity index (χ0) is 26.4. The van der Waals surface area contributed by atoms with Gasteiger partial charge in [-0.3, -0.25) is 4.79 Å². The van der Waals surface area contributed by atoms with Gasteiger partial charge >= 0.3 is 0 Å². The molecule has 0 amide bonds. The molecule has 0 saturated heterocycles. The highest BCUT2D eigenvalue weighted by Crippen LogP contribution is 2.41. The second kappa shape index (κ2) is 11.0. The molecule has 6 rings (SSSR count). The Morgan fingerprint density at radius 3 is 1.31 bits per heavy atom. The van der Waals surface area contributed by atoms with Gasteiger partial charge in [0.05, 0.1) is 5.56 Å². The first-order valence-corrected chi connectivity index (χ1v) is 13.0. The summed E-state index contributed by atoms with van der Waals surface area (Å²) in [5.74, 6) is 1.15. The maximum Gasteiger partial charge on any atom is 0.197 e. The van der Waals surface area contributed by atoms with Gasteiger partial charge < -0.3 is 4.42 Å². The van der Waals surface area contributed by atoms with Gasteiger partial charge in [-0.15, -0.1) is 0 Å². The molecular formula is C37H26O2. The van der Waals surface area contributed by atoms with Crippen LogP contribution in [0.25, 0.3) is 34.3 Å². The molecular weight excluding hydrogens is 476 g/mol. The normalized spacial score (nSPS) is 10.7. The Labute approximate surface area is 228 Å². The summed E-state index contributed by atoms with van der Waals surface area (Å²) < 4.78 is 6.67. The molecule has 0 unspecified atom stereocenters. The Hall–Kier alpha value is -5.21. The zero-order valence-electron chi connectivity index (χ0n) is 21.3. The molecule has 2 heteroatoms. The molecule has 0 bridgehead atoms. The number of rotatable bonds is 7. The third-order valence-electron chi connectivity index (χ3n) is 6.74. The van der Waals surface area contributed by atoms with Gasteiger partial charge in [0.25, 0.3) is 0 Å². The molecule has 186 valence electrons. The Balaban J connectivity index is 1.70. The van der Waals surface area contributed by atoms with Crippen LogP contribution in [0.3, 0.4) is 0 Å². The summed E-state index contributed by atoms with van der Waals surface area (Å²) in [7, 11) is 0. The van der Waals surface area contributed by atoms with Crippen molar-refractivity contribution in [3.8, 4) is 22.6 Å². The van der Waals surface area contributed by atoms with E-state index >= 15 is 0 Å². The van der Waals surface area contributed by atoms with Gasteiger partial charge in [0.15, 0.2) is 5.78 Å². The summed E-state index contributed by atoms with van der Waals surface area (Å²) in [5, 5.41) is 0.